The van der Waals surface area contributed by atoms with Crippen LogP contribution in [0.1, 0.15) is 42.3 Å². The summed E-state index contributed by atoms with van der Waals surface area (Å²) in [5.74, 6) is 0.116. The van der Waals surface area contributed by atoms with Crippen LogP contribution in [-0.2, 0) is 4.74 Å². The average molecular weight is 298 g/mol. The lowest BCUT2D eigenvalue weighted by molar-refractivity contribution is 0.0917. The molecule has 0 saturated heterocycles. The third kappa shape index (κ3) is 4.64. The molecule has 1 amide bonds. The zero-order valence-electron chi connectivity index (χ0n) is 11.8. The minimum Gasteiger partial charge on any atom is -0.382 e. The highest BCUT2D eigenvalue weighted by Gasteiger charge is 2.24. The number of hydrogen-bond acceptors (Lipinski definition) is 6. The molecule has 0 unspecified atom stereocenters. The Bertz CT molecular complexity index is 446. The zero-order valence-corrected chi connectivity index (χ0v) is 12.6. The summed E-state index contributed by atoms with van der Waals surface area (Å²) in [6, 6.07) is 0.503. The molecule has 0 aromatic carbocycles. The quantitative estimate of drug-likeness (QED) is 0.605. The molecule has 2 rings (SSSR count). The molecule has 4 N–H and O–H groups in total. The Hall–Kier alpha value is -1.34. The molecular weight excluding hydrogens is 276 g/mol. The van der Waals surface area contributed by atoms with Gasteiger partial charge in [-0.3, -0.25) is 4.79 Å². The fraction of sp³-hybridized carbons (Fsp3) is 0.692. The first kappa shape index (κ1) is 15.1. The van der Waals surface area contributed by atoms with Gasteiger partial charge in [0.2, 0.25) is 0 Å². The summed E-state index contributed by atoms with van der Waals surface area (Å²) < 4.78 is 5.39. The summed E-state index contributed by atoms with van der Waals surface area (Å²) in [6.45, 7) is 3.87. The smallest absolute Gasteiger partial charge is 0.265 e. The van der Waals surface area contributed by atoms with E-state index in [1.54, 1.807) is 0 Å². The lowest BCUT2D eigenvalue weighted by atomic mass is 10.4. The topological polar surface area (TPSA) is 89.3 Å². The van der Waals surface area contributed by atoms with Crippen molar-refractivity contribution in [2.24, 2.45) is 0 Å². The van der Waals surface area contributed by atoms with Gasteiger partial charge in [0.25, 0.3) is 5.91 Å². The van der Waals surface area contributed by atoms with Gasteiger partial charge in [-0.05, 0) is 19.3 Å². The van der Waals surface area contributed by atoms with Gasteiger partial charge in [0.15, 0.2) is 5.13 Å². The molecule has 112 valence electrons. The fourth-order valence-electron chi connectivity index (χ4n) is 1.62. The van der Waals surface area contributed by atoms with Gasteiger partial charge in [0.1, 0.15) is 10.7 Å². The maximum atomic E-state index is 12.0. The molecular formula is C13H22N4O2S. The van der Waals surface area contributed by atoms with Crippen LogP contribution < -0.4 is 16.4 Å². The number of aromatic nitrogens is 1. The predicted octanol–water partition coefficient (Wildman–Crippen LogP) is 1.85. The molecule has 0 atom stereocenters. The number of unbranched alkanes of at least 4 members (excludes halogenated alkanes) is 1. The monoisotopic (exact) mass is 298 g/mol. The summed E-state index contributed by atoms with van der Waals surface area (Å²) in [4.78, 5) is 16.6. The number of rotatable bonds is 9. The Balaban J connectivity index is 1.72. The third-order valence-electron chi connectivity index (χ3n) is 2.94. The SMILES string of the molecule is CCCCOCCNC(=O)c1sc(NC2CC2)nc1N. The molecule has 0 bridgehead atoms. The molecule has 0 aliphatic heterocycles. The second kappa shape index (κ2) is 7.44. The van der Waals surface area contributed by atoms with Crippen molar-refractivity contribution in [1.29, 1.82) is 0 Å². The Morgan fingerprint density at radius 2 is 2.30 bits per heavy atom. The number of amides is 1. The number of thiazole rings is 1. The van der Waals surface area contributed by atoms with Crippen molar-refractivity contribution in [3.05, 3.63) is 4.88 Å². The number of nitrogens with two attached hydrogens (primary N) is 1. The van der Waals surface area contributed by atoms with Crippen molar-refractivity contribution in [2.45, 2.75) is 38.6 Å². The van der Waals surface area contributed by atoms with Crippen LogP contribution in [0, 0.1) is 0 Å². The van der Waals surface area contributed by atoms with E-state index < -0.39 is 0 Å². The first-order chi connectivity index (χ1) is 9.70. The number of hydrogen-bond donors (Lipinski definition) is 3. The van der Waals surface area contributed by atoms with E-state index in [4.69, 9.17) is 10.5 Å². The molecule has 1 aromatic heterocycles. The Labute approximate surface area is 123 Å². The molecule has 1 aliphatic rings. The van der Waals surface area contributed by atoms with Gasteiger partial charge in [-0.1, -0.05) is 24.7 Å². The van der Waals surface area contributed by atoms with Gasteiger partial charge in [0.05, 0.1) is 6.61 Å². The number of anilines is 2. The van der Waals surface area contributed by atoms with E-state index in [0.717, 1.165) is 37.4 Å². The first-order valence-electron chi connectivity index (χ1n) is 7.09. The normalized spacial score (nSPS) is 14.2. The summed E-state index contributed by atoms with van der Waals surface area (Å²) in [7, 11) is 0. The lowest BCUT2D eigenvalue weighted by Gasteiger charge is -2.05. The predicted molar refractivity (Wildman–Crippen MR) is 81.2 cm³/mol. The fourth-order valence-corrected chi connectivity index (χ4v) is 2.50. The first-order valence-corrected chi connectivity index (χ1v) is 7.91. The highest BCUT2D eigenvalue weighted by molar-refractivity contribution is 7.18. The maximum Gasteiger partial charge on any atom is 0.265 e. The molecule has 20 heavy (non-hydrogen) atoms. The largest absolute Gasteiger partial charge is 0.382 e. The summed E-state index contributed by atoms with van der Waals surface area (Å²) in [6.07, 6.45) is 4.48. The second-order valence-corrected chi connectivity index (χ2v) is 5.87. The van der Waals surface area contributed by atoms with E-state index in [9.17, 15) is 4.79 Å². The summed E-state index contributed by atoms with van der Waals surface area (Å²) >= 11 is 1.31. The lowest BCUT2D eigenvalue weighted by Crippen LogP contribution is -2.27. The van der Waals surface area contributed by atoms with Crippen LogP contribution >= 0.6 is 11.3 Å². The minimum atomic E-state index is -0.178. The average Bonchev–Trinajstić information content (AvgIpc) is 3.15. The van der Waals surface area contributed by atoms with Crippen LogP contribution in [0.2, 0.25) is 0 Å². The highest BCUT2D eigenvalue weighted by atomic mass is 32.1. The van der Waals surface area contributed by atoms with Gasteiger partial charge in [-0.2, -0.15) is 0 Å². The number of nitrogens with zero attached hydrogens (tertiary/aromatic N) is 1. The van der Waals surface area contributed by atoms with Gasteiger partial charge in [-0.25, -0.2) is 4.98 Å². The molecule has 7 heteroatoms. The Morgan fingerprint density at radius 1 is 1.50 bits per heavy atom. The minimum absolute atomic E-state index is 0.178. The van der Waals surface area contributed by atoms with Crippen molar-refractivity contribution in [3.63, 3.8) is 0 Å². The second-order valence-electron chi connectivity index (χ2n) is 4.87. The van der Waals surface area contributed by atoms with Gasteiger partial charge in [-0.15, -0.1) is 0 Å². The van der Waals surface area contributed by atoms with Crippen LogP contribution in [0.5, 0.6) is 0 Å². The molecule has 1 aromatic rings. The van der Waals surface area contributed by atoms with E-state index in [1.165, 1.54) is 11.3 Å². The molecule has 1 heterocycles. The summed E-state index contributed by atoms with van der Waals surface area (Å²) in [5, 5.41) is 6.77. The number of carbonyl (C=O) groups excluding carboxylic acids is 1. The molecule has 1 aliphatic carbocycles. The van der Waals surface area contributed by atoms with Crippen LogP contribution in [-0.4, -0.2) is 36.7 Å². The molecule has 0 spiro atoms. The van der Waals surface area contributed by atoms with Crippen molar-refractivity contribution >= 4 is 28.2 Å². The van der Waals surface area contributed by atoms with Gasteiger partial charge < -0.3 is 21.1 Å². The Kier molecular flexibility index (Phi) is 5.60. The van der Waals surface area contributed by atoms with Crippen LogP contribution in [0.15, 0.2) is 0 Å². The third-order valence-corrected chi connectivity index (χ3v) is 3.94. The van der Waals surface area contributed by atoms with Crippen LogP contribution in [0.4, 0.5) is 10.9 Å². The molecule has 0 radical (unpaired) electrons. The van der Waals surface area contributed by atoms with E-state index in [-0.39, 0.29) is 5.91 Å². The number of ether oxygens (including phenoxy) is 1. The van der Waals surface area contributed by atoms with Crippen molar-refractivity contribution in [3.8, 4) is 0 Å². The molecule has 6 nitrogen and oxygen atoms in total. The molecule has 1 fully saturated rings. The van der Waals surface area contributed by atoms with Crippen LogP contribution in [0.3, 0.4) is 0 Å². The van der Waals surface area contributed by atoms with Gasteiger partial charge >= 0.3 is 0 Å². The van der Waals surface area contributed by atoms with Crippen molar-refractivity contribution in [2.75, 3.05) is 30.8 Å². The number of nitrogen functional groups attached to an aromatic ring is 1. The standard InChI is InChI=1S/C13H22N4O2S/c1-2-3-7-19-8-6-15-12(18)10-11(14)17-13(20-10)16-9-4-5-9/h9H,2-8,14H2,1H3,(H,15,18)(H,16,17). The van der Waals surface area contributed by atoms with Gasteiger partial charge in [0, 0.05) is 19.2 Å². The maximum absolute atomic E-state index is 12.0. The van der Waals surface area contributed by atoms with Crippen molar-refractivity contribution in [1.82, 2.24) is 10.3 Å². The van der Waals surface area contributed by atoms with E-state index in [0.29, 0.717) is 29.9 Å². The van der Waals surface area contributed by atoms with Crippen molar-refractivity contribution < 1.29 is 9.53 Å². The summed E-state index contributed by atoms with van der Waals surface area (Å²) in [5.41, 5.74) is 5.78. The van der Waals surface area contributed by atoms with E-state index in [2.05, 4.69) is 22.5 Å². The number of carbonyl (C=O) groups is 1. The highest BCUT2D eigenvalue weighted by Crippen LogP contribution is 2.30. The Morgan fingerprint density at radius 3 is 3.00 bits per heavy atom. The number of nitrogens with one attached hydrogen (secondary N) is 2. The van der Waals surface area contributed by atoms with E-state index >= 15 is 0 Å². The van der Waals surface area contributed by atoms with Crippen LogP contribution in [0.25, 0.3) is 0 Å². The molecule has 1 saturated carbocycles. The van der Waals surface area contributed by atoms with E-state index in [1.807, 2.05) is 0 Å². The zero-order chi connectivity index (χ0) is 14.4.